The number of amides is 1. The van der Waals surface area contributed by atoms with Crippen molar-refractivity contribution in [1.29, 1.82) is 0 Å². The molecular weight excluding hydrogens is 154 g/mol. The van der Waals surface area contributed by atoms with Gasteiger partial charge in [0.2, 0.25) is 5.91 Å². The molecule has 0 saturated heterocycles. The lowest BCUT2D eigenvalue weighted by Gasteiger charge is -2.04. The van der Waals surface area contributed by atoms with Gasteiger partial charge in [-0.05, 0) is 19.4 Å². The second-order valence-corrected chi connectivity index (χ2v) is 2.92. The maximum Gasteiger partial charge on any atom is 0.244 e. The van der Waals surface area contributed by atoms with Crippen LogP contribution in [0.5, 0.6) is 0 Å². The van der Waals surface area contributed by atoms with Crippen LogP contribution in [0.2, 0.25) is 0 Å². The molecule has 1 atom stereocenters. The van der Waals surface area contributed by atoms with E-state index in [0.717, 1.165) is 12.8 Å². The zero-order valence-electron chi connectivity index (χ0n) is 7.71. The Morgan fingerprint density at radius 1 is 1.67 bits per heavy atom. The predicted octanol–water partition coefficient (Wildman–Crippen LogP) is 0.969. The summed E-state index contributed by atoms with van der Waals surface area (Å²) in [4.78, 5) is 10.6. The maximum absolute atomic E-state index is 10.6. The number of aliphatic hydroxyl groups is 1. The molecule has 70 valence electrons. The maximum atomic E-state index is 10.6. The number of aliphatic hydroxyl groups excluding tert-OH is 1. The van der Waals surface area contributed by atoms with Crippen molar-refractivity contribution in [2.45, 2.75) is 39.2 Å². The molecule has 0 rings (SSSR count). The van der Waals surface area contributed by atoms with E-state index in [1.165, 1.54) is 6.08 Å². The average Bonchev–Trinajstić information content (AvgIpc) is 2.00. The van der Waals surface area contributed by atoms with Crippen molar-refractivity contribution in [2.24, 2.45) is 5.73 Å². The minimum absolute atomic E-state index is 0.429. The molecule has 0 aliphatic rings. The van der Waals surface area contributed by atoms with Gasteiger partial charge in [-0.2, -0.15) is 0 Å². The van der Waals surface area contributed by atoms with Gasteiger partial charge >= 0.3 is 0 Å². The summed E-state index contributed by atoms with van der Waals surface area (Å²) in [6.07, 6.45) is 3.68. The molecule has 3 nitrogen and oxygen atoms in total. The van der Waals surface area contributed by atoms with Crippen molar-refractivity contribution in [1.82, 2.24) is 0 Å². The number of carbonyl (C=O) groups excluding carboxylic acids is 1. The van der Waals surface area contributed by atoms with Gasteiger partial charge in [0.25, 0.3) is 0 Å². The van der Waals surface area contributed by atoms with Gasteiger partial charge in [-0.3, -0.25) is 4.79 Å². The zero-order valence-corrected chi connectivity index (χ0v) is 7.71. The molecule has 0 fully saturated rings. The molecule has 1 unspecified atom stereocenters. The standard InChI is InChI=1S/C9H17NO2/c1-3-4-5-8(11)6-7(2)9(10)12/h6,8,11H,3-5H2,1-2H3,(H2,10,12)/b7-6+. The molecule has 0 aliphatic heterocycles. The van der Waals surface area contributed by atoms with E-state index in [9.17, 15) is 9.90 Å². The molecular formula is C9H17NO2. The Balaban J connectivity index is 3.87. The van der Waals surface area contributed by atoms with Crippen LogP contribution in [0.25, 0.3) is 0 Å². The van der Waals surface area contributed by atoms with Crippen molar-refractivity contribution in [3.05, 3.63) is 11.6 Å². The van der Waals surface area contributed by atoms with E-state index in [-0.39, 0.29) is 0 Å². The van der Waals surface area contributed by atoms with Gasteiger partial charge in [-0.1, -0.05) is 19.8 Å². The van der Waals surface area contributed by atoms with Crippen molar-refractivity contribution >= 4 is 5.91 Å². The summed E-state index contributed by atoms with van der Waals surface area (Å²) in [5, 5.41) is 9.32. The van der Waals surface area contributed by atoms with Crippen molar-refractivity contribution < 1.29 is 9.90 Å². The van der Waals surface area contributed by atoms with Crippen molar-refractivity contribution in [3.8, 4) is 0 Å². The quantitative estimate of drug-likeness (QED) is 0.605. The van der Waals surface area contributed by atoms with Crippen molar-refractivity contribution in [2.75, 3.05) is 0 Å². The summed E-state index contributed by atoms with van der Waals surface area (Å²) in [7, 11) is 0. The average molecular weight is 171 g/mol. The third-order valence-electron chi connectivity index (χ3n) is 1.68. The number of hydrogen-bond acceptors (Lipinski definition) is 2. The SMILES string of the molecule is CCCCC(O)/C=C(\C)C(N)=O. The Bertz CT molecular complexity index is 175. The highest BCUT2D eigenvalue weighted by Gasteiger charge is 2.02. The van der Waals surface area contributed by atoms with Crippen LogP contribution < -0.4 is 5.73 Å². The first-order valence-electron chi connectivity index (χ1n) is 4.24. The highest BCUT2D eigenvalue weighted by molar-refractivity contribution is 5.91. The van der Waals surface area contributed by atoms with E-state index in [0.29, 0.717) is 12.0 Å². The van der Waals surface area contributed by atoms with Crippen LogP contribution in [0.15, 0.2) is 11.6 Å². The van der Waals surface area contributed by atoms with Crippen LogP contribution >= 0.6 is 0 Å². The van der Waals surface area contributed by atoms with Crippen LogP contribution in [0.4, 0.5) is 0 Å². The summed E-state index contributed by atoms with van der Waals surface area (Å²) >= 11 is 0. The van der Waals surface area contributed by atoms with Gasteiger partial charge in [0.1, 0.15) is 0 Å². The van der Waals surface area contributed by atoms with Crippen molar-refractivity contribution in [3.63, 3.8) is 0 Å². The molecule has 0 aliphatic carbocycles. The number of nitrogens with two attached hydrogens (primary N) is 1. The Morgan fingerprint density at radius 3 is 2.67 bits per heavy atom. The zero-order chi connectivity index (χ0) is 9.56. The minimum Gasteiger partial charge on any atom is -0.389 e. The highest BCUT2D eigenvalue weighted by Crippen LogP contribution is 2.04. The second kappa shape index (κ2) is 5.77. The first-order chi connectivity index (χ1) is 5.57. The second-order valence-electron chi connectivity index (χ2n) is 2.92. The first kappa shape index (κ1) is 11.2. The molecule has 0 bridgehead atoms. The van der Waals surface area contributed by atoms with E-state index in [1.54, 1.807) is 6.92 Å². The molecule has 0 saturated carbocycles. The lowest BCUT2D eigenvalue weighted by Crippen LogP contribution is -2.14. The monoisotopic (exact) mass is 171 g/mol. The first-order valence-corrected chi connectivity index (χ1v) is 4.24. The lowest BCUT2D eigenvalue weighted by molar-refractivity contribution is -0.114. The topological polar surface area (TPSA) is 63.3 Å². The molecule has 3 N–H and O–H groups in total. The van der Waals surface area contributed by atoms with E-state index in [4.69, 9.17) is 5.73 Å². The third-order valence-corrected chi connectivity index (χ3v) is 1.68. The third kappa shape index (κ3) is 4.91. The molecule has 0 radical (unpaired) electrons. The smallest absolute Gasteiger partial charge is 0.244 e. The molecule has 0 aromatic rings. The van der Waals surface area contributed by atoms with Gasteiger partial charge in [-0.25, -0.2) is 0 Å². The largest absolute Gasteiger partial charge is 0.389 e. The van der Waals surface area contributed by atoms with Crippen LogP contribution in [0, 0.1) is 0 Å². The number of unbranched alkanes of at least 4 members (excludes halogenated alkanes) is 1. The Labute approximate surface area is 73.3 Å². The molecule has 0 aromatic carbocycles. The molecule has 12 heavy (non-hydrogen) atoms. The fourth-order valence-corrected chi connectivity index (χ4v) is 0.867. The lowest BCUT2D eigenvalue weighted by atomic mass is 10.1. The van der Waals surface area contributed by atoms with Crippen LogP contribution in [0.1, 0.15) is 33.1 Å². The van der Waals surface area contributed by atoms with E-state index < -0.39 is 12.0 Å². The molecule has 3 heteroatoms. The summed E-state index contributed by atoms with van der Waals surface area (Å²) in [5.74, 6) is -0.467. The molecule has 0 aromatic heterocycles. The Morgan fingerprint density at radius 2 is 2.25 bits per heavy atom. The van der Waals surface area contributed by atoms with E-state index in [1.807, 2.05) is 0 Å². The Hall–Kier alpha value is -0.830. The minimum atomic E-state index is -0.530. The normalized spacial score (nSPS) is 14.4. The van der Waals surface area contributed by atoms with Gasteiger partial charge in [0.05, 0.1) is 6.10 Å². The van der Waals surface area contributed by atoms with Gasteiger partial charge in [-0.15, -0.1) is 0 Å². The highest BCUT2D eigenvalue weighted by atomic mass is 16.3. The number of rotatable bonds is 5. The van der Waals surface area contributed by atoms with Crippen LogP contribution in [-0.4, -0.2) is 17.1 Å². The number of carbonyl (C=O) groups is 1. The van der Waals surface area contributed by atoms with Crippen LogP contribution in [-0.2, 0) is 4.79 Å². The predicted molar refractivity (Wildman–Crippen MR) is 48.5 cm³/mol. The van der Waals surface area contributed by atoms with Gasteiger partial charge < -0.3 is 10.8 Å². The number of primary amides is 1. The fraction of sp³-hybridized carbons (Fsp3) is 0.667. The van der Waals surface area contributed by atoms with Crippen LogP contribution in [0.3, 0.4) is 0 Å². The van der Waals surface area contributed by atoms with Gasteiger partial charge in [0, 0.05) is 5.57 Å². The molecule has 0 heterocycles. The van der Waals surface area contributed by atoms with E-state index >= 15 is 0 Å². The summed E-state index contributed by atoms with van der Waals surface area (Å²) in [6, 6.07) is 0. The number of hydrogen-bond donors (Lipinski definition) is 2. The summed E-state index contributed by atoms with van der Waals surface area (Å²) in [6.45, 7) is 3.66. The summed E-state index contributed by atoms with van der Waals surface area (Å²) in [5.41, 5.74) is 5.42. The fourth-order valence-electron chi connectivity index (χ4n) is 0.867. The summed E-state index contributed by atoms with van der Waals surface area (Å²) < 4.78 is 0. The van der Waals surface area contributed by atoms with Gasteiger partial charge in [0.15, 0.2) is 0 Å². The molecule has 1 amide bonds. The Kier molecular flexibility index (Phi) is 5.37. The van der Waals surface area contributed by atoms with E-state index in [2.05, 4.69) is 6.92 Å². The molecule has 0 spiro atoms.